The summed E-state index contributed by atoms with van der Waals surface area (Å²) in [7, 11) is 0. The molecule has 1 aromatic rings. The van der Waals surface area contributed by atoms with E-state index >= 15 is 0 Å². The van der Waals surface area contributed by atoms with Crippen LogP contribution >= 0.6 is 11.6 Å². The molecule has 1 aliphatic heterocycles. The minimum absolute atomic E-state index is 0.0786. The highest BCUT2D eigenvalue weighted by Gasteiger charge is 2.44. The van der Waals surface area contributed by atoms with E-state index in [1.807, 2.05) is 12.1 Å². The molecular weight excluding hydrogens is 342 g/mol. The van der Waals surface area contributed by atoms with Gasteiger partial charge in [-0.05, 0) is 43.4 Å². The Labute approximate surface area is 153 Å². The number of hydrogen-bond acceptors (Lipinski definition) is 4. The molecule has 1 atom stereocenters. The Morgan fingerprint density at radius 3 is 2.56 bits per heavy atom. The number of carbonyl (C=O) groups is 2. The summed E-state index contributed by atoms with van der Waals surface area (Å²) in [4.78, 5) is 24.7. The van der Waals surface area contributed by atoms with E-state index in [1.54, 1.807) is 12.1 Å². The van der Waals surface area contributed by atoms with E-state index in [1.165, 1.54) is 0 Å². The summed E-state index contributed by atoms with van der Waals surface area (Å²) in [6, 6.07) is 7.34. The van der Waals surface area contributed by atoms with Crippen molar-refractivity contribution < 1.29 is 19.1 Å². The lowest BCUT2D eigenvalue weighted by atomic mass is 9.79. The van der Waals surface area contributed by atoms with Gasteiger partial charge in [-0.1, -0.05) is 36.6 Å². The van der Waals surface area contributed by atoms with Gasteiger partial charge >= 0.3 is 5.97 Å². The first kappa shape index (κ1) is 18.2. The number of ether oxygens (including phenoxy) is 2. The molecule has 1 heterocycles. The summed E-state index contributed by atoms with van der Waals surface area (Å²) in [5.41, 5.74) is 0.263. The molecule has 0 unspecified atom stereocenters. The Morgan fingerprint density at radius 1 is 1.20 bits per heavy atom. The smallest absolute Gasteiger partial charge is 0.317 e. The van der Waals surface area contributed by atoms with Crippen LogP contribution in [0.5, 0.6) is 0 Å². The predicted molar refractivity (Wildman–Crippen MR) is 94.5 cm³/mol. The molecule has 1 aliphatic carbocycles. The van der Waals surface area contributed by atoms with Crippen LogP contribution in [0.25, 0.3) is 0 Å². The van der Waals surface area contributed by atoms with Crippen LogP contribution in [0.1, 0.15) is 44.1 Å². The van der Waals surface area contributed by atoms with Crippen molar-refractivity contribution in [1.82, 2.24) is 5.32 Å². The molecule has 1 saturated heterocycles. The van der Waals surface area contributed by atoms with Crippen LogP contribution in [0, 0.1) is 0 Å². The number of esters is 1. The van der Waals surface area contributed by atoms with Crippen LogP contribution < -0.4 is 5.32 Å². The summed E-state index contributed by atoms with van der Waals surface area (Å²) < 4.78 is 10.8. The van der Waals surface area contributed by atoms with E-state index < -0.39 is 5.41 Å². The molecule has 0 aromatic heterocycles. The van der Waals surface area contributed by atoms with E-state index in [9.17, 15) is 9.59 Å². The summed E-state index contributed by atoms with van der Waals surface area (Å²) in [5.74, 6) is -0.604. The van der Waals surface area contributed by atoms with E-state index in [2.05, 4.69) is 5.32 Å². The lowest BCUT2D eigenvalue weighted by Crippen LogP contribution is -2.39. The molecule has 1 aromatic carbocycles. The van der Waals surface area contributed by atoms with Gasteiger partial charge in [0.05, 0.1) is 11.5 Å². The summed E-state index contributed by atoms with van der Waals surface area (Å²) in [6.07, 6.45) is 5.50. The molecule has 6 heteroatoms. The molecule has 2 fully saturated rings. The molecule has 2 aliphatic rings. The number of rotatable bonds is 6. The van der Waals surface area contributed by atoms with Crippen LogP contribution in [0.3, 0.4) is 0 Å². The Balaban J connectivity index is 1.56. The lowest BCUT2D eigenvalue weighted by Gasteiger charge is -2.27. The van der Waals surface area contributed by atoms with Crippen molar-refractivity contribution in [1.29, 1.82) is 0 Å². The average molecular weight is 366 g/mol. The monoisotopic (exact) mass is 365 g/mol. The van der Waals surface area contributed by atoms with E-state index in [0.29, 0.717) is 11.6 Å². The fourth-order valence-corrected chi connectivity index (χ4v) is 3.84. The molecular formula is C19H24ClNO4. The van der Waals surface area contributed by atoms with E-state index in [4.69, 9.17) is 21.1 Å². The SMILES string of the molecule is O=C(COC(=O)C1(c2ccc(Cl)cc2)CCCC1)NC[C@H]1CCCO1. The van der Waals surface area contributed by atoms with Crippen LogP contribution in [0.4, 0.5) is 0 Å². The highest BCUT2D eigenvalue weighted by molar-refractivity contribution is 6.30. The van der Waals surface area contributed by atoms with Gasteiger partial charge < -0.3 is 14.8 Å². The molecule has 0 spiro atoms. The Hall–Kier alpha value is -1.59. The topological polar surface area (TPSA) is 64.6 Å². The quantitative estimate of drug-likeness (QED) is 0.787. The van der Waals surface area contributed by atoms with Gasteiger partial charge in [-0.2, -0.15) is 0 Å². The minimum Gasteiger partial charge on any atom is -0.455 e. The highest BCUT2D eigenvalue weighted by atomic mass is 35.5. The second-order valence-corrected chi connectivity index (χ2v) is 7.25. The largest absolute Gasteiger partial charge is 0.455 e. The second-order valence-electron chi connectivity index (χ2n) is 6.81. The summed E-state index contributed by atoms with van der Waals surface area (Å²) >= 11 is 5.96. The van der Waals surface area contributed by atoms with Crippen molar-refractivity contribution in [3.8, 4) is 0 Å². The maximum atomic E-state index is 12.8. The molecule has 3 rings (SSSR count). The van der Waals surface area contributed by atoms with Gasteiger partial charge in [-0.25, -0.2) is 0 Å². The van der Waals surface area contributed by atoms with Crippen molar-refractivity contribution in [2.24, 2.45) is 0 Å². The minimum atomic E-state index is -0.653. The number of benzene rings is 1. The van der Waals surface area contributed by atoms with Gasteiger partial charge in [0, 0.05) is 18.2 Å². The molecule has 0 radical (unpaired) electrons. The van der Waals surface area contributed by atoms with Gasteiger partial charge in [0.25, 0.3) is 5.91 Å². The zero-order valence-corrected chi connectivity index (χ0v) is 15.0. The van der Waals surface area contributed by atoms with Gasteiger partial charge in [-0.15, -0.1) is 0 Å². The van der Waals surface area contributed by atoms with E-state index in [0.717, 1.165) is 50.7 Å². The van der Waals surface area contributed by atoms with Crippen molar-refractivity contribution in [3.05, 3.63) is 34.9 Å². The molecule has 1 N–H and O–H groups in total. The van der Waals surface area contributed by atoms with Gasteiger partial charge in [0.2, 0.25) is 0 Å². The first-order chi connectivity index (χ1) is 12.1. The predicted octanol–water partition coefficient (Wildman–Crippen LogP) is 2.99. The number of nitrogens with one attached hydrogen (secondary N) is 1. The van der Waals surface area contributed by atoms with Gasteiger partial charge in [-0.3, -0.25) is 9.59 Å². The highest BCUT2D eigenvalue weighted by Crippen LogP contribution is 2.42. The number of carbonyl (C=O) groups excluding carboxylic acids is 2. The Kier molecular flexibility index (Phi) is 5.97. The number of amides is 1. The second kappa shape index (κ2) is 8.19. The van der Waals surface area contributed by atoms with Crippen molar-refractivity contribution in [3.63, 3.8) is 0 Å². The maximum Gasteiger partial charge on any atom is 0.317 e. The Bertz CT molecular complexity index is 604. The lowest BCUT2D eigenvalue weighted by molar-refractivity contribution is -0.154. The molecule has 1 saturated carbocycles. The maximum absolute atomic E-state index is 12.8. The van der Waals surface area contributed by atoms with Crippen molar-refractivity contribution in [2.45, 2.75) is 50.0 Å². The normalized spacial score (nSPS) is 21.9. The zero-order valence-electron chi connectivity index (χ0n) is 14.3. The van der Waals surface area contributed by atoms with Crippen molar-refractivity contribution in [2.75, 3.05) is 19.8 Å². The van der Waals surface area contributed by atoms with Crippen molar-refractivity contribution >= 4 is 23.5 Å². The molecule has 5 nitrogen and oxygen atoms in total. The average Bonchev–Trinajstić information content (AvgIpc) is 3.30. The van der Waals surface area contributed by atoms with Gasteiger partial charge in [0.1, 0.15) is 0 Å². The fraction of sp³-hybridized carbons (Fsp3) is 0.579. The third kappa shape index (κ3) is 4.33. The zero-order chi connectivity index (χ0) is 17.7. The van der Waals surface area contributed by atoms with Gasteiger partial charge in [0.15, 0.2) is 6.61 Å². The van der Waals surface area contributed by atoms with E-state index in [-0.39, 0.29) is 24.6 Å². The van der Waals surface area contributed by atoms with Crippen LogP contribution in [0.15, 0.2) is 24.3 Å². The molecule has 1 amide bonds. The first-order valence-electron chi connectivity index (χ1n) is 8.92. The van der Waals surface area contributed by atoms with Crippen LogP contribution in [-0.2, 0) is 24.5 Å². The molecule has 25 heavy (non-hydrogen) atoms. The third-order valence-electron chi connectivity index (χ3n) is 5.13. The molecule has 0 bridgehead atoms. The van der Waals surface area contributed by atoms with Crippen LogP contribution in [0.2, 0.25) is 5.02 Å². The third-order valence-corrected chi connectivity index (χ3v) is 5.38. The summed E-state index contributed by atoms with van der Waals surface area (Å²) in [5, 5.41) is 3.41. The number of halogens is 1. The molecule has 136 valence electrons. The summed E-state index contributed by atoms with van der Waals surface area (Å²) in [6.45, 7) is 0.971. The fourth-order valence-electron chi connectivity index (χ4n) is 3.71. The Morgan fingerprint density at radius 2 is 1.92 bits per heavy atom. The number of hydrogen-bond donors (Lipinski definition) is 1. The standard InChI is InChI=1S/C19H24ClNO4/c20-15-7-5-14(6-8-15)19(9-1-2-10-19)18(23)25-13-17(22)21-12-16-4-3-11-24-16/h5-8,16H,1-4,9-13H2,(H,21,22)/t16-/m1/s1. The first-order valence-corrected chi connectivity index (χ1v) is 9.29. The van der Waals surface area contributed by atoms with Crippen LogP contribution in [-0.4, -0.2) is 37.7 Å².